The van der Waals surface area contributed by atoms with Gasteiger partial charge in [-0.25, -0.2) is 4.39 Å². The molecule has 0 heterocycles. The van der Waals surface area contributed by atoms with Gasteiger partial charge in [0.15, 0.2) is 0 Å². The second-order valence-electron chi connectivity index (χ2n) is 5.28. The van der Waals surface area contributed by atoms with Gasteiger partial charge in [-0.15, -0.1) is 0 Å². The number of rotatable bonds is 5. The van der Waals surface area contributed by atoms with E-state index < -0.39 is 5.82 Å². The van der Waals surface area contributed by atoms with Crippen molar-refractivity contribution in [1.82, 2.24) is 4.90 Å². The molecule has 1 aromatic rings. The number of nitrogens with one attached hydrogen (secondary N) is 1. The van der Waals surface area contributed by atoms with Crippen LogP contribution in [0.3, 0.4) is 0 Å². The monoisotopic (exact) mass is 290 g/mol. The number of likely N-dealkylation sites (N-methyl/N-ethyl adjacent to an activating group) is 1. The molecule has 0 spiro atoms. The number of anilines is 1. The second-order valence-corrected chi connectivity index (χ2v) is 5.28. The first-order valence-corrected chi connectivity index (χ1v) is 7.00. The molecule has 1 aromatic carbocycles. The SMILES string of the molecule is CN(CC(=O)Nc1cccc(F)c1)C(=O)C[C@@H]1C=CCC1. The molecule has 1 aliphatic rings. The summed E-state index contributed by atoms with van der Waals surface area (Å²) in [5.41, 5.74) is 0.388. The molecule has 0 aromatic heterocycles. The van der Waals surface area contributed by atoms with Crippen molar-refractivity contribution < 1.29 is 14.0 Å². The van der Waals surface area contributed by atoms with Gasteiger partial charge in [0.05, 0.1) is 6.54 Å². The van der Waals surface area contributed by atoms with Crippen molar-refractivity contribution in [2.24, 2.45) is 5.92 Å². The summed E-state index contributed by atoms with van der Waals surface area (Å²) >= 11 is 0. The number of nitrogens with zero attached hydrogens (tertiary/aromatic N) is 1. The third-order valence-electron chi connectivity index (χ3n) is 3.46. The zero-order valence-electron chi connectivity index (χ0n) is 12.0. The third-order valence-corrected chi connectivity index (χ3v) is 3.46. The molecule has 112 valence electrons. The molecule has 1 atom stereocenters. The van der Waals surface area contributed by atoms with E-state index in [2.05, 4.69) is 17.5 Å². The topological polar surface area (TPSA) is 49.4 Å². The van der Waals surface area contributed by atoms with Crippen LogP contribution < -0.4 is 5.32 Å². The quantitative estimate of drug-likeness (QED) is 0.847. The molecule has 1 aliphatic carbocycles. The number of allylic oxidation sites excluding steroid dienone is 2. The van der Waals surface area contributed by atoms with E-state index in [9.17, 15) is 14.0 Å². The average Bonchev–Trinajstić information content (AvgIpc) is 2.91. The number of amides is 2. The van der Waals surface area contributed by atoms with Crippen LogP contribution in [0.25, 0.3) is 0 Å². The molecular formula is C16H19FN2O2. The highest BCUT2D eigenvalue weighted by Crippen LogP contribution is 2.20. The highest BCUT2D eigenvalue weighted by molar-refractivity contribution is 5.94. The Balaban J connectivity index is 1.81. The Kier molecular flexibility index (Phi) is 5.09. The Bertz CT molecular complexity index is 557. The summed E-state index contributed by atoms with van der Waals surface area (Å²) < 4.78 is 13.0. The van der Waals surface area contributed by atoms with Crippen LogP contribution in [0.2, 0.25) is 0 Å². The van der Waals surface area contributed by atoms with Crippen molar-refractivity contribution in [2.45, 2.75) is 19.3 Å². The van der Waals surface area contributed by atoms with Gasteiger partial charge in [0.2, 0.25) is 11.8 Å². The summed E-state index contributed by atoms with van der Waals surface area (Å²) in [6.07, 6.45) is 6.57. The predicted octanol–water partition coefficient (Wildman–Crippen LogP) is 2.58. The highest BCUT2D eigenvalue weighted by atomic mass is 19.1. The Morgan fingerprint density at radius 2 is 2.24 bits per heavy atom. The number of hydrogen-bond donors (Lipinski definition) is 1. The maximum absolute atomic E-state index is 13.0. The predicted molar refractivity (Wildman–Crippen MR) is 79.1 cm³/mol. The van der Waals surface area contributed by atoms with Gasteiger partial charge in [0, 0.05) is 19.2 Å². The molecule has 2 rings (SSSR count). The van der Waals surface area contributed by atoms with E-state index in [1.165, 1.54) is 23.1 Å². The fourth-order valence-electron chi connectivity index (χ4n) is 2.32. The van der Waals surface area contributed by atoms with Gasteiger partial charge >= 0.3 is 0 Å². The smallest absolute Gasteiger partial charge is 0.243 e. The molecule has 21 heavy (non-hydrogen) atoms. The zero-order valence-corrected chi connectivity index (χ0v) is 12.0. The summed E-state index contributed by atoms with van der Waals surface area (Å²) in [6.45, 7) is -0.0359. The molecule has 0 radical (unpaired) electrons. The van der Waals surface area contributed by atoms with Crippen LogP contribution in [0.4, 0.5) is 10.1 Å². The van der Waals surface area contributed by atoms with Crippen molar-refractivity contribution in [3.05, 3.63) is 42.2 Å². The lowest BCUT2D eigenvalue weighted by Crippen LogP contribution is -2.35. The minimum absolute atomic E-state index is 0.0359. The van der Waals surface area contributed by atoms with Crippen molar-refractivity contribution >= 4 is 17.5 Å². The number of hydrogen-bond acceptors (Lipinski definition) is 2. The van der Waals surface area contributed by atoms with Crippen LogP contribution in [0.15, 0.2) is 36.4 Å². The van der Waals surface area contributed by atoms with Gasteiger partial charge in [0.1, 0.15) is 5.82 Å². The largest absolute Gasteiger partial charge is 0.336 e. The van der Waals surface area contributed by atoms with Crippen molar-refractivity contribution in [2.75, 3.05) is 18.9 Å². The van der Waals surface area contributed by atoms with Crippen LogP contribution in [-0.4, -0.2) is 30.3 Å². The molecule has 0 aliphatic heterocycles. The molecule has 1 N–H and O–H groups in total. The number of carbonyl (C=O) groups is 2. The van der Waals surface area contributed by atoms with E-state index in [0.29, 0.717) is 12.1 Å². The van der Waals surface area contributed by atoms with E-state index in [0.717, 1.165) is 12.8 Å². The van der Waals surface area contributed by atoms with Gasteiger partial charge in [0.25, 0.3) is 0 Å². The Hall–Kier alpha value is -2.17. The highest BCUT2D eigenvalue weighted by Gasteiger charge is 2.18. The van der Waals surface area contributed by atoms with Gasteiger partial charge in [-0.1, -0.05) is 18.2 Å². The van der Waals surface area contributed by atoms with Crippen LogP contribution in [0.1, 0.15) is 19.3 Å². The standard InChI is InChI=1S/C16H19FN2O2/c1-19(16(21)9-12-5-2-3-6-12)11-15(20)18-14-8-4-7-13(17)10-14/h2,4-5,7-8,10,12H,3,6,9,11H2,1H3,(H,18,20)/t12-/m1/s1. The number of benzene rings is 1. The third kappa shape index (κ3) is 4.70. The van der Waals surface area contributed by atoms with Gasteiger partial charge < -0.3 is 10.2 Å². The normalized spacial score (nSPS) is 16.8. The maximum Gasteiger partial charge on any atom is 0.243 e. The summed E-state index contributed by atoms with van der Waals surface area (Å²) in [5.74, 6) is -0.518. The lowest BCUT2D eigenvalue weighted by Gasteiger charge is -2.18. The van der Waals surface area contributed by atoms with Crippen molar-refractivity contribution in [3.63, 3.8) is 0 Å². The van der Waals surface area contributed by atoms with Gasteiger partial charge in [-0.3, -0.25) is 9.59 Å². The molecule has 0 fully saturated rings. The molecule has 0 saturated carbocycles. The summed E-state index contributed by atoms with van der Waals surface area (Å²) in [5, 5.41) is 2.58. The van der Waals surface area contributed by atoms with Gasteiger partial charge in [-0.05, 0) is 37.0 Å². The molecule has 5 heteroatoms. The lowest BCUT2D eigenvalue weighted by atomic mass is 10.0. The minimum atomic E-state index is -0.412. The second kappa shape index (κ2) is 7.02. The first kappa shape index (κ1) is 15.2. The Morgan fingerprint density at radius 3 is 2.90 bits per heavy atom. The van der Waals surface area contributed by atoms with Crippen LogP contribution in [-0.2, 0) is 9.59 Å². The molecule has 4 nitrogen and oxygen atoms in total. The maximum atomic E-state index is 13.0. The fourth-order valence-corrected chi connectivity index (χ4v) is 2.32. The van der Waals surface area contributed by atoms with Crippen LogP contribution in [0.5, 0.6) is 0 Å². The number of carbonyl (C=O) groups excluding carboxylic acids is 2. The van der Waals surface area contributed by atoms with E-state index in [-0.39, 0.29) is 24.3 Å². The number of halogens is 1. The van der Waals surface area contributed by atoms with Gasteiger partial charge in [-0.2, -0.15) is 0 Å². The van der Waals surface area contributed by atoms with Crippen molar-refractivity contribution in [1.29, 1.82) is 0 Å². The van der Waals surface area contributed by atoms with Crippen LogP contribution in [0, 0.1) is 11.7 Å². The Labute approximate surface area is 123 Å². The van der Waals surface area contributed by atoms with E-state index in [4.69, 9.17) is 0 Å². The zero-order chi connectivity index (χ0) is 15.2. The molecule has 0 saturated heterocycles. The summed E-state index contributed by atoms with van der Waals surface area (Å²) in [4.78, 5) is 25.2. The average molecular weight is 290 g/mol. The minimum Gasteiger partial charge on any atom is -0.336 e. The summed E-state index contributed by atoms with van der Waals surface area (Å²) in [7, 11) is 1.60. The van der Waals surface area contributed by atoms with E-state index >= 15 is 0 Å². The van der Waals surface area contributed by atoms with E-state index in [1.54, 1.807) is 13.1 Å². The lowest BCUT2D eigenvalue weighted by molar-refractivity contribution is -0.133. The Morgan fingerprint density at radius 1 is 1.43 bits per heavy atom. The van der Waals surface area contributed by atoms with Crippen LogP contribution >= 0.6 is 0 Å². The summed E-state index contributed by atoms with van der Waals surface area (Å²) in [6, 6.07) is 5.67. The van der Waals surface area contributed by atoms with Crippen molar-refractivity contribution in [3.8, 4) is 0 Å². The molecule has 0 unspecified atom stereocenters. The van der Waals surface area contributed by atoms with E-state index in [1.807, 2.05) is 0 Å². The fraction of sp³-hybridized carbons (Fsp3) is 0.375. The first-order chi connectivity index (χ1) is 10.0. The first-order valence-electron chi connectivity index (χ1n) is 7.00. The molecular weight excluding hydrogens is 271 g/mol. The molecule has 0 bridgehead atoms. The molecule has 2 amide bonds.